The molecule has 0 spiro atoms. The Morgan fingerprint density at radius 3 is 2.59 bits per heavy atom. The summed E-state index contributed by atoms with van der Waals surface area (Å²) in [5, 5.41) is 12.6. The summed E-state index contributed by atoms with van der Waals surface area (Å²) in [6, 6.07) is 10.3. The Morgan fingerprint density at radius 2 is 1.97 bits per heavy atom. The van der Waals surface area contributed by atoms with E-state index in [0.717, 1.165) is 10.4 Å². The van der Waals surface area contributed by atoms with Gasteiger partial charge in [-0.25, -0.2) is 0 Å². The summed E-state index contributed by atoms with van der Waals surface area (Å²) in [5.74, 6) is 0.533. The fourth-order valence-electron chi connectivity index (χ4n) is 2.69. The van der Waals surface area contributed by atoms with Crippen molar-refractivity contribution in [3.63, 3.8) is 0 Å². The molecule has 2 heterocycles. The third-order valence-electron chi connectivity index (χ3n) is 4.10. The number of esters is 1. The van der Waals surface area contributed by atoms with Gasteiger partial charge in [-0.15, -0.1) is 21.5 Å². The number of hydrogen-bond donors (Lipinski definition) is 1. The van der Waals surface area contributed by atoms with E-state index in [2.05, 4.69) is 15.5 Å². The van der Waals surface area contributed by atoms with Gasteiger partial charge in [0.05, 0.1) is 24.4 Å². The lowest BCUT2D eigenvalue weighted by atomic mass is 10.0. The van der Waals surface area contributed by atoms with Gasteiger partial charge in [0.25, 0.3) is 11.8 Å². The lowest BCUT2D eigenvalue weighted by molar-refractivity contribution is -0.150. The van der Waals surface area contributed by atoms with Crippen LogP contribution in [0.4, 0.5) is 0 Å². The molecule has 29 heavy (non-hydrogen) atoms. The predicted molar refractivity (Wildman–Crippen MR) is 106 cm³/mol. The summed E-state index contributed by atoms with van der Waals surface area (Å²) >= 11 is 1.48. The quantitative estimate of drug-likeness (QED) is 0.560. The number of benzene rings is 1. The first kappa shape index (κ1) is 20.5. The van der Waals surface area contributed by atoms with E-state index >= 15 is 0 Å². The van der Waals surface area contributed by atoms with Crippen LogP contribution in [0, 0.1) is 0 Å². The molecule has 0 aliphatic carbocycles. The second kappa shape index (κ2) is 9.33. The number of carbonyl (C=O) groups excluding carboxylic acids is 2. The monoisotopic (exact) mass is 415 g/mol. The number of thiophene rings is 1. The van der Waals surface area contributed by atoms with Gasteiger partial charge in [-0.1, -0.05) is 18.2 Å². The zero-order valence-corrected chi connectivity index (χ0v) is 17.1. The summed E-state index contributed by atoms with van der Waals surface area (Å²) in [5.41, 5.74) is 0.767. The zero-order valence-electron chi connectivity index (χ0n) is 16.2. The lowest BCUT2D eigenvalue weighted by Crippen LogP contribution is -2.28. The maximum Gasteiger partial charge on any atom is 0.309 e. The molecular formula is C20H21N3O5S. The predicted octanol–water partition coefficient (Wildman–Crippen LogP) is 3.68. The Kier molecular flexibility index (Phi) is 6.61. The fourth-order valence-corrected chi connectivity index (χ4v) is 3.34. The van der Waals surface area contributed by atoms with Gasteiger partial charge in [0, 0.05) is 6.92 Å². The van der Waals surface area contributed by atoms with Gasteiger partial charge >= 0.3 is 5.97 Å². The molecule has 152 valence electrons. The number of carbonyl (C=O) groups is 2. The van der Waals surface area contributed by atoms with Crippen molar-refractivity contribution in [1.82, 2.24) is 15.5 Å². The molecule has 1 N–H and O–H groups in total. The number of amides is 1. The number of ether oxygens (including phenoxy) is 2. The van der Waals surface area contributed by atoms with E-state index in [1.807, 2.05) is 17.5 Å². The van der Waals surface area contributed by atoms with E-state index in [9.17, 15) is 9.59 Å². The number of nitrogens with zero attached hydrogens (tertiary/aromatic N) is 2. The minimum absolute atomic E-state index is 0.0395. The highest BCUT2D eigenvalue weighted by molar-refractivity contribution is 7.13. The molecule has 0 saturated heterocycles. The number of methoxy groups -OCH3 is 1. The van der Waals surface area contributed by atoms with Crippen LogP contribution < -0.4 is 10.1 Å². The molecule has 2 atom stereocenters. The van der Waals surface area contributed by atoms with Crippen LogP contribution in [0.2, 0.25) is 0 Å². The highest BCUT2D eigenvalue weighted by Gasteiger charge is 2.23. The highest BCUT2D eigenvalue weighted by Crippen LogP contribution is 2.27. The number of aromatic nitrogens is 2. The van der Waals surface area contributed by atoms with Crippen molar-refractivity contribution in [2.45, 2.75) is 32.4 Å². The largest absolute Gasteiger partial charge is 0.497 e. The zero-order chi connectivity index (χ0) is 20.8. The minimum atomic E-state index is -0.711. The van der Waals surface area contributed by atoms with Crippen molar-refractivity contribution >= 4 is 23.2 Å². The summed E-state index contributed by atoms with van der Waals surface area (Å²) in [6.07, 6.45) is -0.750. The smallest absolute Gasteiger partial charge is 0.309 e. The molecule has 3 rings (SSSR count). The summed E-state index contributed by atoms with van der Waals surface area (Å²) in [6.45, 7) is 3.05. The molecule has 9 heteroatoms. The van der Waals surface area contributed by atoms with Crippen LogP contribution in [0.5, 0.6) is 5.75 Å². The van der Waals surface area contributed by atoms with E-state index < -0.39 is 18.1 Å². The fraction of sp³-hybridized carbons (Fsp3) is 0.300. The molecule has 1 amide bonds. The topological polar surface area (TPSA) is 104 Å². The minimum Gasteiger partial charge on any atom is -0.497 e. The van der Waals surface area contributed by atoms with Crippen molar-refractivity contribution in [2.75, 3.05) is 7.11 Å². The molecule has 2 unspecified atom stereocenters. The van der Waals surface area contributed by atoms with E-state index in [1.54, 1.807) is 38.3 Å². The van der Waals surface area contributed by atoms with E-state index in [1.165, 1.54) is 18.3 Å². The van der Waals surface area contributed by atoms with E-state index in [0.29, 0.717) is 11.6 Å². The molecular weight excluding hydrogens is 394 g/mol. The first-order chi connectivity index (χ1) is 14.0. The van der Waals surface area contributed by atoms with E-state index in [-0.39, 0.29) is 18.2 Å². The molecule has 0 saturated carbocycles. The van der Waals surface area contributed by atoms with E-state index in [4.69, 9.17) is 13.9 Å². The molecule has 2 aromatic heterocycles. The first-order valence-electron chi connectivity index (χ1n) is 8.94. The number of rotatable bonds is 8. The van der Waals surface area contributed by atoms with Crippen molar-refractivity contribution < 1.29 is 23.5 Å². The maximum atomic E-state index is 12.5. The van der Waals surface area contributed by atoms with Gasteiger partial charge in [-0.2, -0.15) is 0 Å². The van der Waals surface area contributed by atoms with Crippen molar-refractivity contribution in [3.05, 3.63) is 53.2 Å². The lowest BCUT2D eigenvalue weighted by Gasteiger charge is -2.19. The van der Waals surface area contributed by atoms with Crippen LogP contribution >= 0.6 is 11.3 Å². The SMILES string of the molecule is COc1ccc(C(CC(=O)OC(C)c2nnc(-c3cccs3)o2)NC(C)=O)cc1. The molecule has 8 nitrogen and oxygen atoms in total. The van der Waals surface area contributed by atoms with Gasteiger partial charge in [0.15, 0.2) is 6.10 Å². The van der Waals surface area contributed by atoms with Gasteiger partial charge < -0.3 is 19.2 Å². The van der Waals surface area contributed by atoms with Crippen LogP contribution in [0.3, 0.4) is 0 Å². The second-order valence-electron chi connectivity index (χ2n) is 6.29. The molecule has 0 fully saturated rings. The average Bonchev–Trinajstić information content (AvgIpc) is 3.38. The third-order valence-corrected chi connectivity index (χ3v) is 4.95. The Hall–Kier alpha value is -3.20. The Bertz CT molecular complexity index is 953. The normalized spacial score (nSPS) is 12.8. The Morgan fingerprint density at radius 1 is 1.21 bits per heavy atom. The maximum absolute atomic E-state index is 12.5. The van der Waals surface area contributed by atoms with Gasteiger partial charge in [0.1, 0.15) is 5.75 Å². The van der Waals surface area contributed by atoms with Crippen LogP contribution in [0.25, 0.3) is 10.8 Å². The van der Waals surface area contributed by atoms with Gasteiger partial charge in [-0.3, -0.25) is 9.59 Å². The third kappa shape index (κ3) is 5.41. The molecule has 3 aromatic rings. The Balaban J connectivity index is 1.65. The molecule has 0 radical (unpaired) electrons. The van der Waals surface area contributed by atoms with Gasteiger partial charge in [-0.05, 0) is 36.1 Å². The molecule has 1 aromatic carbocycles. The highest BCUT2D eigenvalue weighted by atomic mass is 32.1. The second-order valence-corrected chi connectivity index (χ2v) is 7.23. The van der Waals surface area contributed by atoms with Crippen LogP contribution in [-0.2, 0) is 14.3 Å². The van der Waals surface area contributed by atoms with Crippen molar-refractivity contribution in [2.24, 2.45) is 0 Å². The standard InChI is InChI=1S/C20H21N3O5S/c1-12(19-22-23-20(28-19)17-5-4-10-29-17)27-18(25)11-16(21-13(2)24)14-6-8-15(26-3)9-7-14/h4-10,12,16H,11H2,1-3H3,(H,21,24). The molecule has 0 aliphatic rings. The molecule has 0 aliphatic heterocycles. The van der Waals surface area contributed by atoms with Gasteiger partial charge in [0.2, 0.25) is 5.91 Å². The van der Waals surface area contributed by atoms with Crippen LogP contribution in [0.15, 0.2) is 46.2 Å². The summed E-state index contributed by atoms with van der Waals surface area (Å²) in [7, 11) is 1.57. The van der Waals surface area contributed by atoms with Crippen LogP contribution in [0.1, 0.15) is 43.9 Å². The number of nitrogens with one attached hydrogen (secondary N) is 1. The average molecular weight is 415 g/mol. The summed E-state index contributed by atoms with van der Waals surface area (Å²) in [4.78, 5) is 24.9. The Labute approximate surface area is 171 Å². The first-order valence-corrected chi connectivity index (χ1v) is 9.82. The number of hydrogen-bond acceptors (Lipinski definition) is 8. The van der Waals surface area contributed by atoms with Crippen molar-refractivity contribution in [1.29, 1.82) is 0 Å². The molecule has 0 bridgehead atoms. The van der Waals surface area contributed by atoms with Crippen molar-refractivity contribution in [3.8, 4) is 16.5 Å². The van der Waals surface area contributed by atoms with Crippen LogP contribution in [-0.4, -0.2) is 29.2 Å². The summed E-state index contributed by atoms with van der Waals surface area (Å²) < 4.78 is 16.2.